The number of para-hydroxylation sites is 1. The van der Waals surface area contributed by atoms with E-state index in [4.69, 9.17) is 79.4 Å². The third-order valence-electron chi connectivity index (χ3n) is 9.77. The molecule has 0 aliphatic heterocycles. The van der Waals surface area contributed by atoms with Crippen molar-refractivity contribution < 1.29 is 67.1 Å². The van der Waals surface area contributed by atoms with E-state index in [1.54, 1.807) is 0 Å². The van der Waals surface area contributed by atoms with Crippen LogP contribution < -0.4 is 45.9 Å². The van der Waals surface area contributed by atoms with Crippen molar-refractivity contribution >= 4 is 65.3 Å². The zero-order valence-corrected chi connectivity index (χ0v) is 55.5. The molecule has 2 aromatic rings. The van der Waals surface area contributed by atoms with Crippen LogP contribution in [0.2, 0.25) is 0 Å². The summed E-state index contributed by atoms with van der Waals surface area (Å²) in [6, 6.07) is 4.35. The average Bonchev–Trinajstić information content (AvgIpc) is 3.92. The molecule has 1 heterocycles. The number of benzene rings is 1. The standard InChI is InChI=1S/C16H22N2O2.C11H24N2O2.C9H18N2O3.C9H19NO3.C8H17NO2S.C7H15NO2/c1-16(2,3)10-20-15(19)13(17)8-11-9-18-14-7-5-4-6-12(11)14;1-11(2,3)8-15-10(14)9(13)6-4-5-7-12;1-9(2,3)5-14-8(13)6(10)4-7(11)12;1-6(11)7(10)8(12)13-5-9(2,3)4;1-8(2,3)5-11-7(10)6(9)4-12;1-7(2,3)5-10-6(9)4-8/h4-7,9,13,18H,8,10,17H2,1-3H3;9H,4-8,12-13H2,1-3H3;6H,4-5,10H2,1-3H3,(H2,11,12);6-7,11H,5,10H2,1-4H3;6,12H,4-5,9H2,1-3H3;4-5,8H2,1-3H3. The highest BCUT2D eigenvalue weighted by Crippen LogP contribution is 2.21. The predicted octanol–water partition coefficient (Wildman–Crippen LogP) is 5.09. The highest BCUT2D eigenvalue weighted by Gasteiger charge is 2.25. The number of esters is 6. The molecule has 0 aliphatic rings. The first kappa shape index (κ1) is 85.5. The lowest BCUT2D eigenvalue weighted by Crippen LogP contribution is -2.42. The molecule has 24 heteroatoms. The number of aliphatic hydroxyl groups is 1. The summed E-state index contributed by atoms with van der Waals surface area (Å²) in [6.45, 7) is 40.0. The second-order valence-corrected chi connectivity index (χ2v) is 28.0. The maximum atomic E-state index is 11.9. The number of hydrogen-bond acceptors (Lipinski definition) is 22. The quantitative estimate of drug-likeness (QED) is 0.0316. The highest BCUT2D eigenvalue weighted by atomic mass is 32.1. The minimum atomic E-state index is -0.949. The van der Waals surface area contributed by atoms with Crippen LogP contribution in [0.25, 0.3) is 10.9 Å². The molecule has 0 fully saturated rings. The molecule has 1 aromatic carbocycles. The van der Waals surface area contributed by atoms with Gasteiger partial charge in [0.05, 0.1) is 58.7 Å². The smallest absolute Gasteiger partial charge is 0.325 e. The Morgan fingerprint density at radius 3 is 1.24 bits per heavy atom. The normalized spacial score (nSPS) is 13.8. The first-order chi connectivity index (χ1) is 38.0. The number of aromatic amines is 1. The van der Waals surface area contributed by atoms with Crippen LogP contribution in [0.15, 0.2) is 30.5 Å². The zero-order chi connectivity index (χ0) is 66.6. The summed E-state index contributed by atoms with van der Waals surface area (Å²) in [5.74, 6) is -2.78. The number of nitrogens with two attached hydrogens (primary N) is 8. The molecular formula is C60H115N9O14S. The molecular weight excluding hydrogens is 1100 g/mol. The highest BCUT2D eigenvalue weighted by molar-refractivity contribution is 7.80. The lowest BCUT2D eigenvalue weighted by molar-refractivity contribution is -0.150. The van der Waals surface area contributed by atoms with Crippen molar-refractivity contribution in [2.24, 2.45) is 78.4 Å². The van der Waals surface area contributed by atoms with E-state index >= 15 is 0 Å². The van der Waals surface area contributed by atoms with Crippen LogP contribution in [0.4, 0.5) is 0 Å². The van der Waals surface area contributed by atoms with Crippen LogP contribution in [0, 0.1) is 32.5 Å². The number of amides is 1. The fourth-order valence-electron chi connectivity index (χ4n) is 5.14. The fraction of sp³-hybridized carbons (Fsp3) is 0.750. The minimum absolute atomic E-state index is 0.00730. The summed E-state index contributed by atoms with van der Waals surface area (Å²) in [4.78, 5) is 80.8. The first-order valence-electron chi connectivity index (χ1n) is 28.3. The molecule has 1 amide bonds. The molecule has 2 rings (SSSR count). The monoisotopic (exact) mass is 1220 g/mol. The van der Waals surface area contributed by atoms with Gasteiger partial charge in [0.25, 0.3) is 0 Å². The van der Waals surface area contributed by atoms with E-state index in [0.29, 0.717) is 58.2 Å². The van der Waals surface area contributed by atoms with Crippen molar-refractivity contribution in [3.05, 3.63) is 36.0 Å². The van der Waals surface area contributed by atoms with Gasteiger partial charge in [-0.2, -0.15) is 12.6 Å². The van der Waals surface area contributed by atoms with Gasteiger partial charge in [-0.05, 0) is 70.4 Å². The van der Waals surface area contributed by atoms with Gasteiger partial charge in [0, 0.05) is 29.3 Å². The van der Waals surface area contributed by atoms with Gasteiger partial charge in [-0.3, -0.25) is 33.6 Å². The second-order valence-electron chi connectivity index (χ2n) is 27.7. The Balaban J connectivity index is -0.000000464. The third kappa shape index (κ3) is 52.6. The van der Waals surface area contributed by atoms with Gasteiger partial charge in [-0.25, -0.2) is 0 Å². The van der Waals surface area contributed by atoms with E-state index in [9.17, 15) is 33.6 Å². The molecule has 1 aromatic heterocycles. The second kappa shape index (κ2) is 42.0. The molecule has 6 unspecified atom stereocenters. The van der Waals surface area contributed by atoms with E-state index in [0.717, 1.165) is 29.3 Å². The molecule has 0 bridgehead atoms. The number of aromatic nitrogens is 1. The van der Waals surface area contributed by atoms with E-state index < -0.39 is 54.2 Å². The predicted molar refractivity (Wildman–Crippen MR) is 336 cm³/mol. The summed E-state index contributed by atoms with van der Waals surface area (Å²) in [6.07, 6.45) is 3.77. The number of thiol groups is 1. The van der Waals surface area contributed by atoms with E-state index in [2.05, 4.69) is 17.6 Å². The molecule has 6 atom stereocenters. The fourth-order valence-corrected chi connectivity index (χ4v) is 5.29. The van der Waals surface area contributed by atoms with Gasteiger partial charge >= 0.3 is 35.8 Å². The number of carbonyl (C=O) groups excluding carboxylic acids is 7. The average molecular weight is 1220 g/mol. The van der Waals surface area contributed by atoms with Crippen molar-refractivity contribution in [2.75, 3.05) is 58.5 Å². The van der Waals surface area contributed by atoms with E-state index in [-0.39, 0.29) is 75.9 Å². The first-order valence-corrected chi connectivity index (χ1v) is 28.9. The molecule has 0 saturated heterocycles. The number of hydrogen-bond donors (Lipinski definition) is 11. The van der Waals surface area contributed by atoms with Crippen LogP contribution in [-0.2, 0) is 68.4 Å². The Morgan fingerprint density at radius 2 is 0.881 bits per heavy atom. The van der Waals surface area contributed by atoms with Crippen molar-refractivity contribution in [1.82, 2.24) is 4.98 Å². The number of ether oxygens (including phenoxy) is 6. The van der Waals surface area contributed by atoms with Gasteiger partial charge in [0.1, 0.15) is 30.2 Å². The maximum absolute atomic E-state index is 11.9. The summed E-state index contributed by atoms with van der Waals surface area (Å²) in [5.41, 5.74) is 44.9. The van der Waals surface area contributed by atoms with Crippen molar-refractivity contribution in [2.45, 2.75) is 200 Å². The van der Waals surface area contributed by atoms with Crippen molar-refractivity contribution in [3.8, 4) is 0 Å². The number of fused-ring (bicyclic) bond motifs is 1. The third-order valence-corrected chi connectivity index (χ3v) is 10.2. The SMILES string of the molecule is CC(C)(C)COC(=O)C(N)CC(N)=O.CC(C)(C)COC(=O)C(N)CCCCN.CC(C)(C)COC(=O)C(N)CS.CC(C)(C)COC(=O)C(N)Cc1c[nH]c2ccccc12.CC(C)(C)COC(=O)CN.CC(O)C(N)C(=O)OCC(C)(C)C. The van der Waals surface area contributed by atoms with E-state index in [1.807, 2.05) is 155 Å². The number of H-pyrrole nitrogens is 1. The van der Waals surface area contributed by atoms with E-state index in [1.165, 1.54) is 6.92 Å². The Kier molecular flexibility index (Phi) is 42.8. The van der Waals surface area contributed by atoms with Gasteiger partial charge in [-0.15, -0.1) is 0 Å². The summed E-state index contributed by atoms with van der Waals surface area (Å²) >= 11 is 3.89. The van der Waals surface area contributed by atoms with Crippen LogP contribution in [-0.4, -0.2) is 147 Å². The number of aliphatic hydroxyl groups excluding tert-OH is 1. The topological polar surface area (TPSA) is 419 Å². The molecule has 0 aliphatic carbocycles. The molecule has 490 valence electrons. The van der Waals surface area contributed by atoms with Crippen molar-refractivity contribution in [3.63, 3.8) is 0 Å². The molecule has 0 saturated carbocycles. The molecule has 23 nitrogen and oxygen atoms in total. The lowest BCUT2D eigenvalue weighted by Gasteiger charge is -2.20. The van der Waals surface area contributed by atoms with Crippen LogP contribution in [0.1, 0.15) is 163 Å². The molecule has 0 spiro atoms. The zero-order valence-electron chi connectivity index (χ0n) is 54.6. The molecule has 18 N–H and O–H groups in total. The summed E-state index contributed by atoms with van der Waals surface area (Å²) in [7, 11) is 0. The number of nitrogens with one attached hydrogen (secondary N) is 1. The van der Waals surface area contributed by atoms with Gasteiger partial charge in [0.2, 0.25) is 5.91 Å². The minimum Gasteiger partial charge on any atom is -0.464 e. The Hall–Kier alpha value is -4.92. The lowest BCUT2D eigenvalue weighted by atomic mass is 9.98. The van der Waals surface area contributed by atoms with Gasteiger partial charge in [0.15, 0.2) is 0 Å². The van der Waals surface area contributed by atoms with Crippen molar-refractivity contribution in [1.29, 1.82) is 0 Å². The number of unbranched alkanes of at least 4 members (excludes halogenated alkanes) is 1. The number of rotatable bonds is 22. The van der Waals surface area contributed by atoms with Crippen LogP contribution in [0.3, 0.4) is 0 Å². The van der Waals surface area contributed by atoms with Crippen LogP contribution in [0.5, 0.6) is 0 Å². The molecule has 84 heavy (non-hydrogen) atoms. The number of primary amides is 1. The Labute approximate surface area is 508 Å². The molecule has 0 radical (unpaired) electrons. The summed E-state index contributed by atoms with van der Waals surface area (Å²) < 4.78 is 29.9. The number of carbonyl (C=O) groups is 7. The largest absolute Gasteiger partial charge is 0.464 e. The summed E-state index contributed by atoms with van der Waals surface area (Å²) in [5, 5.41) is 10.1. The Morgan fingerprint density at radius 1 is 0.524 bits per heavy atom. The maximum Gasteiger partial charge on any atom is 0.325 e. The van der Waals surface area contributed by atoms with Gasteiger partial charge < -0.3 is 84.4 Å². The van der Waals surface area contributed by atoms with Crippen LogP contribution >= 0.6 is 12.6 Å². The Bertz CT molecular complexity index is 2190. The van der Waals surface area contributed by atoms with Gasteiger partial charge in [-0.1, -0.05) is 149 Å².